The van der Waals surface area contributed by atoms with E-state index in [0.717, 1.165) is 18.8 Å². The van der Waals surface area contributed by atoms with Gasteiger partial charge < -0.3 is 15.2 Å². The number of hydrogen-bond acceptors (Lipinski definition) is 3. The van der Waals surface area contributed by atoms with Gasteiger partial charge in [-0.25, -0.2) is 4.79 Å². The number of carbonyl (C=O) groups is 2. The van der Waals surface area contributed by atoms with Crippen LogP contribution in [0.1, 0.15) is 51.9 Å². The van der Waals surface area contributed by atoms with E-state index in [1.54, 1.807) is 0 Å². The molecule has 1 saturated carbocycles. The van der Waals surface area contributed by atoms with Crippen molar-refractivity contribution in [1.82, 2.24) is 5.32 Å². The summed E-state index contributed by atoms with van der Waals surface area (Å²) in [5.41, 5.74) is 0. The molecule has 19 heavy (non-hydrogen) atoms. The molecule has 0 aromatic heterocycles. The van der Waals surface area contributed by atoms with E-state index < -0.39 is 12.6 Å². The van der Waals surface area contributed by atoms with Crippen LogP contribution in [0.25, 0.3) is 0 Å². The van der Waals surface area contributed by atoms with Crippen molar-refractivity contribution in [2.45, 2.75) is 57.9 Å². The third-order valence-electron chi connectivity index (χ3n) is 3.60. The lowest BCUT2D eigenvalue weighted by molar-refractivity contribution is -0.143. The average Bonchev–Trinajstić information content (AvgIpc) is 2.37. The Morgan fingerprint density at radius 3 is 2.58 bits per heavy atom. The van der Waals surface area contributed by atoms with Gasteiger partial charge in [-0.05, 0) is 25.7 Å². The molecular formula is C14H25NO4. The summed E-state index contributed by atoms with van der Waals surface area (Å²) in [4.78, 5) is 21.7. The summed E-state index contributed by atoms with van der Waals surface area (Å²) in [6.07, 6.45) is 8.84. The molecule has 0 radical (unpaired) electrons. The minimum absolute atomic E-state index is 0.128. The zero-order chi connectivity index (χ0) is 14.1. The van der Waals surface area contributed by atoms with Gasteiger partial charge in [-0.3, -0.25) is 4.79 Å². The minimum Gasteiger partial charge on any atom is -0.480 e. The molecular weight excluding hydrogens is 246 g/mol. The van der Waals surface area contributed by atoms with Crippen molar-refractivity contribution < 1.29 is 19.4 Å². The molecule has 0 aromatic carbocycles. The number of carboxylic acid groups (broad SMARTS) is 1. The fourth-order valence-electron chi connectivity index (χ4n) is 2.58. The summed E-state index contributed by atoms with van der Waals surface area (Å²) in [5, 5.41) is 11.2. The number of carboxylic acids is 1. The second kappa shape index (κ2) is 8.91. The van der Waals surface area contributed by atoms with Gasteiger partial charge in [-0.15, -0.1) is 0 Å². The van der Waals surface area contributed by atoms with E-state index in [2.05, 4.69) is 5.32 Å². The second-order valence-electron chi connectivity index (χ2n) is 5.44. The van der Waals surface area contributed by atoms with Gasteiger partial charge in [0.05, 0.1) is 0 Å². The first-order valence-corrected chi connectivity index (χ1v) is 7.17. The molecule has 1 aliphatic carbocycles. The predicted molar refractivity (Wildman–Crippen MR) is 71.9 cm³/mol. The molecule has 5 nitrogen and oxygen atoms in total. The van der Waals surface area contributed by atoms with Crippen LogP contribution in [0.3, 0.4) is 0 Å². The highest BCUT2D eigenvalue weighted by atomic mass is 16.5. The van der Waals surface area contributed by atoms with Gasteiger partial charge in [0, 0.05) is 6.04 Å². The highest BCUT2D eigenvalue weighted by molar-refractivity contribution is 5.78. The fraction of sp³-hybridized carbons (Fsp3) is 0.857. The van der Waals surface area contributed by atoms with Crippen LogP contribution in [0, 0.1) is 5.92 Å². The molecule has 2 N–H and O–H groups in total. The predicted octanol–water partition coefficient (Wildman–Crippen LogP) is 1.95. The molecule has 5 heteroatoms. The molecule has 1 atom stereocenters. The van der Waals surface area contributed by atoms with Gasteiger partial charge in [-0.2, -0.15) is 0 Å². The lowest BCUT2D eigenvalue weighted by Gasteiger charge is -2.23. The molecule has 1 amide bonds. The molecule has 1 unspecified atom stereocenters. The van der Waals surface area contributed by atoms with Crippen LogP contribution in [0.15, 0.2) is 0 Å². The van der Waals surface area contributed by atoms with Crippen molar-refractivity contribution in [2.24, 2.45) is 5.92 Å². The lowest BCUT2D eigenvalue weighted by atomic mass is 9.85. The summed E-state index contributed by atoms with van der Waals surface area (Å²) in [7, 11) is 0. The molecule has 0 saturated heterocycles. The lowest BCUT2D eigenvalue weighted by Crippen LogP contribution is -2.36. The van der Waals surface area contributed by atoms with Crippen LogP contribution >= 0.6 is 0 Å². The van der Waals surface area contributed by atoms with Crippen molar-refractivity contribution in [1.29, 1.82) is 0 Å². The molecule has 0 aliphatic heterocycles. The Morgan fingerprint density at radius 2 is 1.95 bits per heavy atom. The molecule has 0 aromatic rings. The Labute approximate surface area is 114 Å². The summed E-state index contributed by atoms with van der Waals surface area (Å²) in [6, 6.07) is 0.128. The summed E-state index contributed by atoms with van der Waals surface area (Å²) in [6.45, 7) is 1.38. The smallest absolute Gasteiger partial charge is 0.329 e. The SMILES string of the molecule is CC(CCC1CCCCC1)NC(=O)COCC(=O)O. The van der Waals surface area contributed by atoms with Crippen LogP contribution in [-0.4, -0.2) is 36.2 Å². The molecule has 110 valence electrons. The van der Waals surface area contributed by atoms with E-state index >= 15 is 0 Å². The molecule has 0 spiro atoms. The minimum atomic E-state index is -1.06. The highest BCUT2D eigenvalue weighted by Crippen LogP contribution is 2.27. The van der Waals surface area contributed by atoms with Crippen LogP contribution in [0.4, 0.5) is 0 Å². The van der Waals surface area contributed by atoms with Crippen molar-refractivity contribution in [3.05, 3.63) is 0 Å². The third-order valence-corrected chi connectivity index (χ3v) is 3.60. The molecule has 0 bridgehead atoms. The van der Waals surface area contributed by atoms with Crippen molar-refractivity contribution in [2.75, 3.05) is 13.2 Å². The number of rotatable bonds is 8. The Hall–Kier alpha value is -1.10. The summed E-state index contributed by atoms with van der Waals surface area (Å²) < 4.78 is 4.74. The van der Waals surface area contributed by atoms with E-state index in [9.17, 15) is 9.59 Å². The third kappa shape index (κ3) is 7.82. The topological polar surface area (TPSA) is 75.6 Å². The van der Waals surface area contributed by atoms with E-state index in [1.807, 2.05) is 6.92 Å². The number of aliphatic carboxylic acids is 1. The first kappa shape index (κ1) is 16.0. The van der Waals surface area contributed by atoms with Gasteiger partial charge in [0.15, 0.2) is 0 Å². The Balaban J connectivity index is 2.06. The first-order valence-electron chi connectivity index (χ1n) is 7.17. The quantitative estimate of drug-likeness (QED) is 0.707. The maximum absolute atomic E-state index is 11.5. The number of hydrogen-bond donors (Lipinski definition) is 2. The van der Waals surface area contributed by atoms with Crippen LogP contribution in [0.2, 0.25) is 0 Å². The number of nitrogens with one attached hydrogen (secondary N) is 1. The Morgan fingerprint density at radius 1 is 1.26 bits per heavy atom. The van der Waals surface area contributed by atoms with E-state index in [-0.39, 0.29) is 18.6 Å². The van der Waals surface area contributed by atoms with Gasteiger partial charge >= 0.3 is 5.97 Å². The highest BCUT2D eigenvalue weighted by Gasteiger charge is 2.15. The van der Waals surface area contributed by atoms with Gasteiger partial charge in [0.1, 0.15) is 13.2 Å². The van der Waals surface area contributed by atoms with Crippen molar-refractivity contribution >= 4 is 11.9 Å². The molecule has 1 aliphatic rings. The van der Waals surface area contributed by atoms with Crippen molar-refractivity contribution in [3.8, 4) is 0 Å². The maximum atomic E-state index is 11.5. The summed E-state index contributed by atoms with van der Waals surface area (Å²) >= 11 is 0. The van der Waals surface area contributed by atoms with Crippen LogP contribution in [-0.2, 0) is 14.3 Å². The number of ether oxygens (including phenoxy) is 1. The molecule has 0 heterocycles. The van der Waals surface area contributed by atoms with E-state index in [4.69, 9.17) is 9.84 Å². The van der Waals surface area contributed by atoms with Gasteiger partial charge in [-0.1, -0.05) is 32.1 Å². The number of amides is 1. The van der Waals surface area contributed by atoms with Gasteiger partial charge in [0.2, 0.25) is 5.91 Å². The standard InChI is InChI=1S/C14H25NO4/c1-11(7-8-12-5-3-2-4-6-12)15-13(16)9-19-10-14(17)18/h11-12H,2-10H2,1H3,(H,15,16)(H,17,18). The zero-order valence-electron chi connectivity index (χ0n) is 11.7. The zero-order valence-corrected chi connectivity index (χ0v) is 11.7. The Bertz CT molecular complexity index is 287. The van der Waals surface area contributed by atoms with Crippen LogP contribution in [0.5, 0.6) is 0 Å². The van der Waals surface area contributed by atoms with Crippen molar-refractivity contribution in [3.63, 3.8) is 0 Å². The second-order valence-corrected chi connectivity index (χ2v) is 5.44. The van der Waals surface area contributed by atoms with Gasteiger partial charge in [0.25, 0.3) is 0 Å². The largest absolute Gasteiger partial charge is 0.480 e. The first-order chi connectivity index (χ1) is 9.08. The molecule has 1 fully saturated rings. The monoisotopic (exact) mass is 271 g/mol. The fourth-order valence-corrected chi connectivity index (χ4v) is 2.58. The van der Waals surface area contributed by atoms with E-state index in [0.29, 0.717) is 0 Å². The normalized spacial score (nSPS) is 17.9. The Kier molecular flexibility index (Phi) is 7.48. The van der Waals surface area contributed by atoms with E-state index in [1.165, 1.54) is 32.1 Å². The molecule has 1 rings (SSSR count). The summed E-state index contributed by atoms with van der Waals surface area (Å²) in [5.74, 6) is -0.480. The van der Waals surface area contributed by atoms with Crippen LogP contribution < -0.4 is 5.32 Å². The number of carbonyl (C=O) groups excluding carboxylic acids is 1. The average molecular weight is 271 g/mol. The maximum Gasteiger partial charge on any atom is 0.329 e.